The van der Waals surface area contributed by atoms with Gasteiger partial charge in [0.25, 0.3) is 5.91 Å². The molecule has 0 aliphatic carbocycles. The molecule has 0 saturated carbocycles. The number of carbonyl (C=O) groups excluding carboxylic acids is 2. The van der Waals surface area contributed by atoms with E-state index in [4.69, 9.17) is 23.7 Å². The third-order valence-corrected chi connectivity index (χ3v) is 9.93. The molecule has 3 unspecified atom stereocenters. The summed E-state index contributed by atoms with van der Waals surface area (Å²) in [7, 11) is 0. The number of carboxylic acid groups (broad SMARTS) is 1. The molecule has 2 amide bonds. The minimum Gasteiger partial charge on any atom is -0.493 e. The summed E-state index contributed by atoms with van der Waals surface area (Å²) < 4.78 is 44.4. The third kappa shape index (κ3) is 12.6. The molecule has 1 heterocycles. The number of rotatable bonds is 19. The molecule has 3 N–H and O–H groups in total. The molecule has 0 radical (unpaired) electrons. The van der Waals surface area contributed by atoms with Gasteiger partial charge in [0.05, 0.1) is 19.1 Å². The number of amides is 2. The van der Waals surface area contributed by atoms with Crippen LogP contribution in [0.25, 0.3) is 11.1 Å². The summed E-state index contributed by atoms with van der Waals surface area (Å²) in [5, 5.41) is 15.2. The molecule has 0 fully saturated rings. The fourth-order valence-corrected chi connectivity index (χ4v) is 6.84. The Morgan fingerprint density at radius 1 is 0.915 bits per heavy atom. The molecule has 3 atom stereocenters. The quantitative estimate of drug-likeness (QED) is 0.0792. The van der Waals surface area contributed by atoms with Crippen molar-refractivity contribution in [2.45, 2.75) is 104 Å². The van der Waals surface area contributed by atoms with Gasteiger partial charge in [0.2, 0.25) is 0 Å². The molecular formula is C47H57FN2O9. The Hall–Kier alpha value is -5.78. The standard InChI is InChI=1S/C47H57FN2O9/c1-7-13-36-39(22-18-34-19-23-40(58-43(34)36)44(51)49-28-38(45(52)53)30(3)50-46(54)59-47(4,5)6)55-24-12-25-56-41-27-42(57-29-31-14-10-9-11-15-31)37(26-32(41)8-2)33-16-20-35(48)21-17-33/h9-11,14-18,20-22,26-27,30,38,40H,7-8,12-13,19,23-25,28-29H2,1-6H3,(H,49,51)(H,50,54)(H,52,53). The number of nitrogens with one attached hydrogen (secondary N) is 2. The van der Waals surface area contributed by atoms with Crippen LogP contribution in [0, 0.1) is 11.7 Å². The van der Waals surface area contributed by atoms with Crippen molar-refractivity contribution >= 4 is 18.0 Å². The summed E-state index contributed by atoms with van der Waals surface area (Å²) in [6.45, 7) is 11.7. The highest BCUT2D eigenvalue weighted by molar-refractivity contribution is 5.82. The number of carbonyl (C=O) groups is 3. The fraction of sp³-hybridized carbons (Fsp3) is 0.426. The predicted molar refractivity (Wildman–Crippen MR) is 224 cm³/mol. The highest BCUT2D eigenvalue weighted by Crippen LogP contribution is 2.39. The van der Waals surface area contributed by atoms with Gasteiger partial charge < -0.3 is 39.4 Å². The number of alkyl carbamates (subject to hydrolysis) is 1. The topological polar surface area (TPSA) is 142 Å². The average molecular weight is 813 g/mol. The van der Waals surface area contributed by atoms with E-state index in [2.05, 4.69) is 24.5 Å². The van der Waals surface area contributed by atoms with Crippen molar-refractivity contribution in [1.29, 1.82) is 0 Å². The Bertz CT molecular complexity index is 2030. The van der Waals surface area contributed by atoms with Gasteiger partial charge in [0.15, 0.2) is 6.10 Å². The van der Waals surface area contributed by atoms with Crippen LogP contribution in [0.4, 0.5) is 9.18 Å². The van der Waals surface area contributed by atoms with Gasteiger partial charge in [0.1, 0.15) is 41.0 Å². The van der Waals surface area contributed by atoms with Crippen LogP contribution in [0.1, 0.15) is 83.1 Å². The van der Waals surface area contributed by atoms with Gasteiger partial charge in [-0.3, -0.25) is 9.59 Å². The number of aliphatic carboxylic acids is 1. The summed E-state index contributed by atoms with van der Waals surface area (Å²) in [6.07, 6.45) is 2.27. The van der Waals surface area contributed by atoms with Crippen molar-refractivity contribution in [2.75, 3.05) is 19.8 Å². The number of aryl methyl sites for hydroxylation is 2. The van der Waals surface area contributed by atoms with Crippen molar-refractivity contribution in [3.63, 3.8) is 0 Å². The second-order valence-corrected chi connectivity index (χ2v) is 15.7. The first-order valence-corrected chi connectivity index (χ1v) is 20.4. The van der Waals surface area contributed by atoms with Crippen molar-refractivity contribution in [3.05, 3.63) is 107 Å². The van der Waals surface area contributed by atoms with Crippen LogP contribution in [0.15, 0.2) is 78.9 Å². The molecular weight excluding hydrogens is 756 g/mol. The minimum atomic E-state index is -1.16. The lowest BCUT2D eigenvalue weighted by atomic mass is 9.96. The zero-order valence-corrected chi connectivity index (χ0v) is 34.9. The molecule has 5 rings (SSSR count). The summed E-state index contributed by atoms with van der Waals surface area (Å²) >= 11 is 0. The Morgan fingerprint density at radius 2 is 1.63 bits per heavy atom. The van der Waals surface area contributed by atoms with E-state index >= 15 is 0 Å². The SMILES string of the molecule is CCCc1c(OCCCOc2cc(OCc3ccccc3)c(-c3ccc(F)cc3)cc2CC)ccc2c1OC(C(=O)NCC(C(=O)O)C(C)NC(=O)OC(C)(C)C)CC2. The highest BCUT2D eigenvalue weighted by Gasteiger charge is 2.32. The molecule has 11 nitrogen and oxygen atoms in total. The van der Waals surface area contributed by atoms with Crippen molar-refractivity contribution in [2.24, 2.45) is 5.92 Å². The van der Waals surface area contributed by atoms with E-state index in [-0.39, 0.29) is 12.4 Å². The summed E-state index contributed by atoms with van der Waals surface area (Å²) in [5.41, 5.74) is 4.85. The second-order valence-electron chi connectivity index (χ2n) is 15.7. The normalized spacial score (nSPS) is 14.5. The lowest BCUT2D eigenvalue weighted by molar-refractivity contribution is -0.142. The monoisotopic (exact) mass is 812 g/mol. The Labute approximate surface area is 346 Å². The van der Waals surface area contributed by atoms with Crippen LogP contribution in [-0.4, -0.2) is 60.6 Å². The van der Waals surface area contributed by atoms with Crippen molar-refractivity contribution in [1.82, 2.24) is 10.6 Å². The van der Waals surface area contributed by atoms with Gasteiger partial charge in [-0.1, -0.05) is 68.8 Å². The van der Waals surface area contributed by atoms with Crippen LogP contribution in [-0.2, 0) is 40.2 Å². The smallest absolute Gasteiger partial charge is 0.407 e. The number of ether oxygens (including phenoxy) is 5. The minimum absolute atomic E-state index is 0.203. The van der Waals surface area contributed by atoms with E-state index in [0.717, 1.165) is 46.2 Å². The third-order valence-electron chi connectivity index (χ3n) is 9.93. The maximum absolute atomic E-state index is 13.8. The Morgan fingerprint density at radius 3 is 2.29 bits per heavy atom. The van der Waals surface area contributed by atoms with Gasteiger partial charge in [-0.25, -0.2) is 9.18 Å². The maximum Gasteiger partial charge on any atom is 0.407 e. The van der Waals surface area contributed by atoms with E-state index in [1.807, 2.05) is 54.6 Å². The number of carboxylic acids is 1. The predicted octanol–water partition coefficient (Wildman–Crippen LogP) is 8.86. The van der Waals surface area contributed by atoms with E-state index in [1.165, 1.54) is 12.1 Å². The van der Waals surface area contributed by atoms with E-state index in [0.29, 0.717) is 68.5 Å². The van der Waals surface area contributed by atoms with Crippen LogP contribution in [0.3, 0.4) is 0 Å². The molecule has 1 aliphatic heterocycles. The molecule has 0 aromatic heterocycles. The molecule has 12 heteroatoms. The zero-order chi connectivity index (χ0) is 42.5. The Balaban J connectivity index is 1.20. The first-order chi connectivity index (χ1) is 28.3. The Kier molecular flexibility index (Phi) is 15.6. The second kappa shape index (κ2) is 20.8. The van der Waals surface area contributed by atoms with Crippen molar-refractivity contribution in [3.8, 4) is 34.1 Å². The summed E-state index contributed by atoms with van der Waals surface area (Å²) in [6, 6.07) is 23.3. The summed E-state index contributed by atoms with van der Waals surface area (Å²) in [5.74, 6) is -0.337. The lowest BCUT2D eigenvalue weighted by Crippen LogP contribution is -2.49. The van der Waals surface area contributed by atoms with Gasteiger partial charge in [-0.15, -0.1) is 0 Å². The number of fused-ring (bicyclic) bond motifs is 1. The van der Waals surface area contributed by atoms with Gasteiger partial charge in [-0.05, 0) is 99.9 Å². The lowest BCUT2D eigenvalue weighted by Gasteiger charge is -2.29. The fourth-order valence-electron chi connectivity index (χ4n) is 6.84. The molecule has 59 heavy (non-hydrogen) atoms. The van der Waals surface area contributed by atoms with E-state index in [9.17, 15) is 23.9 Å². The molecule has 316 valence electrons. The van der Waals surface area contributed by atoms with Gasteiger partial charge in [0, 0.05) is 36.2 Å². The van der Waals surface area contributed by atoms with E-state index in [1.54, 1.807) is 39.8 Å². The number of hydrogen-bond acceptors (Lipinski definition) is 8. The number of hydrogen-bond donors (Lipinski definition) is 3. The molecule has 4 aromatic rings. The van der Waals surface area contributed by atoms with Gasteiger partial charge >= 0.3 is 12.1 Å². The molecule has 0 spiro atoms. The maximum atomic E-state index is 13.8. The molecule has 1 aliphatic rings. The highest BCUT2D eigenvalue weighted by atomic mass is 19.1. The van der Waals surface area contributed by atoms with Crippen LogP contribution < -0.4 is 29.6 Å². The van der Waals surface area contributed by atoms with E-state index < -0.39 is 41.6 Å². The van der Waals surface area contributed by atoms with Crippen LogP contribution in [0.5, 0.6) is 23.0 Å². The molecule has 4 aromatic carbocycles. The summed E-state index contributed by atoms with van der Waals surface area (Å²) in [4.78, 5) is 37.7. The van der Waals surface area contributed by atoms with Crippen LogP contribution in [0.2, 0.25) is 0 Å². The van der Waals surface area contributed by atoms with Crippen molar-refractivity contribution < 1.29 is 47.6 Å². The average Bonchev–Trinajstić information content (AvgIpc) is 3.20. The number of benzene rings is 4. The first kappa shape index (κ1) is 44.3. The first-order valence-electron chi connectivity index (χ1n) is 20.4. The largest absolute Gasteiger partial charge is 0.493 e. The molecule has 0 saturated heterocycles. The molecule has 0 bridgehead atoms. The van der Waals surface area contributed by atoms with Crippen LogP contribution >= 0.6 is 0 Å². The van der Waals surface area contributed by atoms with Gasteiger partial charge in [-0.2, -0.15) is 0 Å². The zero-order valence-electron chi connectivity index (χ0n) is 34.9. The number of halogens is 1.